The average Bonchev–Trinajstić information content (AvgIpc) is 3.37. The molecule has 3 aliphatic rings. The maximum atomic E-state index is 14.1. The summed E-state index contributed by atoms with van der Waals surface area (Å²) >= 11 is 0. The van der Waals surface area contributed by atoms with Gasteiger partial charge in [-0.3, -0.25) is 14.4 Å². The van der Waals surface area contributed by atoms with Crippen LogP contribution in [-0.2, 0) is 23.9 Å². The van der Waals surface area contributed by atoms with Gasteiger partial charge in [-0.2, -0.15) is 0 Å². The van der Waals surface area contributed by atoms with Crippen molar-refractivity contribution in [2.24, 2.45) is 34.8 Å². The van der Waals surface area contributed by atoms with Gasteiger partial charge in [0.1, 0.15) is 5.82 Å². The van der Waals surface area contributed by atoms with Gasteiger partial charge in [0.15, 0.2) is 18.2 Å². The van der Waals surface area contributed by atoms with Crippen LogP contribution in [-0.4, -0.2) is 58.0 Å². The number of carbonyl (C=O) groups excluding carboxylic acids is 4. The first-order chi connectivity index (χ1) is 22.1. The van der Waals surface area contributed by atoms with Crippen LogP contribution < -0.4 is 11.1 Å². The third kappa shape index (κ3) is 8.16. The van der Waals surface area contributed by atoms with Crippen LogP contribution in [0, 0.1) is 34.9 Å². The van der Waals surface area contributed by atoms with Gasteiger partial charge in [0, 0.05) is 28.7 Å². The molecule has 3 aliphatic carbocycles. The second-order valence-corrected chi connectivity index (χ2v) is 13.3. The molecule has 0 spiro atoms. The minimum absolute atomic E-state index is 0.00845. The van der Waals surface area contributed by atoms with Gasteiger partial charge in [-0.05, 0) is 86.8 Å². The van der Waals surface area contributed by atoms with E-state index in [-0.39, 0.29) is 46.8 Å². The molecule has 1 amide bonds. The number of nitrogens with one attached hydrogen (secondary N) is 1. The lowest BCUT2D eigenvalue weighted by atomic mass is 9.57. The lowest BCUT2D eigenvalue weighted by Gasteiger charge is -2.50. The molecule has 47 heavy (non-hydrogen) atoms. The van der Waals surface area contributed by atoms with Crippen molar-refractivity contribution in [1.82, 2.24) is 0 Å². The number of aliphatic hydroxyl groups excluding tert-OH is 1. The number of amides is 1. The van der Waals surface area contributed by atoms with Crippen molar-refractivity contribution in [3.63, 3.8) is 0 Å². The SMILES string of the molecule is CC.CCC1=CC(=O)C=CC1(C)C1CC2CCC(C(=O)COC(=O)/C(C)=C\c3cc(F)ccc3NC(=O)C(N)C(C)C)[C@@]2(O)CC1O. The zero-order valence-electron chi connectivity index (χ0n) is 28.6. The Balaban J connectivity index is 0.00000294. The Morgan fingerprint density at radius 3 is 2.53 bits per heavy atom. The Bertz CT molecular complexity index is 1450. The number of nitrogens with two attached hydrogens (primary N) is 1. The van der Waals surface area contributed by atoms with Crippen LogP contribution in [0.5, 0.6) is 0 Å². The van der Waals surface area contributed by atoms with Crippen LogP contribution in [0.3, 0.4) is 0 Å². The van der Waals surface area contributed by atoms with Crippen LogP contribution in [0.2, 0.25) is 0 Å². The molecule has 0 bridgehead atoms. The Morgan fingerprint density at radius 2 is 1.89 bits per heavy atom. The fourth-order valence-corrected chi connectivity index (χ4v) is 7.32. The van der Waals surface area contributed by atoms with E-state index in [1.165, 1.54) is 31.2 Å². The van der Waals surface area contributed by atoms with Gasteiger partial charge >= 0.3 is 5.97 Å². The van der Waals surface area contributed by atoms with Crippen LogP contribution in [0.15, 0.2) is 47.6 Å². The highest BCUT2D eigenvalue weighted by molar-refractivity contribution is 6.01. The van der Waals surface area contributed by atoms with Crippen LogP contribution in [0.25, 0.3) is 6.08 Å². The first kappa shape index (κ1) is 38.0. The maximum Gasteiger partial charge on any atom is 0.334 e. The zero-order chi connectivity index (χ0) is 35.3. The molecule has 0 heterocycles. The van der Waals surface area contributed by atoms with E-state index in [9.17, 15) is 33.8 Å². The number of benzene rings is 1. The molecule has 258 valence electrons. The highest BCUT2D eigenvalue weighted by Gasteiger charge is 2.59. The smallest absolute Gasteiger partial charge is 0.334 e. The lowest BCUT2D eigenvalue weighted by Crippen LogP contribution is -2.55. The summed E-state index contributed by atoms with van der Waals surface area (Å²) in [5.74, 6) is -3.73. The molecular weight excluding hydrogens is 603 g/mol. The number of hydrogen-bond donors (Lipinski definition) is 4. The molecule has 7 atom stereocenters. The van der Waals surface area contributed by atoms with E-state index in [1.54, 1.807) is 19.9 Å². The summed E-state index contributed by atoms with van der Waals surface area (Å²) in [7, 11) is 0. The first-order valence-corrected chi connectivity index (χ1v) is 16.7. The third-order valence-corrected chi connectivity index (χ3v) is 10.1. The van der Waals surface area contributed by atoms with Crippen molar-refractivity contribution in [2.45, 2.75) is 98.3 Å². The number of carbonyl (C=O) groups is 4. The molecule has 0 radical (unpaired) electrons. The molecule has 5 N–H and O–H groups in total. The largest absolute Gasteiger partial charge is 0.454 e. The molecule has 10 heteroatoms. The van der Waals surface area contributed by atoms with Gasteiger partial charge in [-0.15, -0.1) is 0 Å². The predicted molar refractivity (Wildman–Crippen MR) is 179 cm³/mol. The van der Waals surface area contributed by atoms with Crippen molar-refractivity contribution in [3.05, 3.63) is 59.0 Å². The second-order valence-electron chi connectivity index (χ2n) is 13.3. The van der Waals surface area contributed by atoms with Gasteiger partial charge in [0.05, 0.1) is 23.7 Å². The molecule has 2 saturated carbocycles. The monoisotopic (exact) mass is 654 g/mol. The van der Waals surface area contributed by atoms with Gasteiger partial charge in [0.2, 0.25) is 5.91 Å². The standard InChI is InChI=1S/C35H45FN2O7.C2H6/c1-6-22-15-25(39)11-12-34(22,5)27-16-23-7-9-26(35(23,44)17-29(27)40)30(41)18-45-33(43)20(4)13-21-14-24(36)8-10-28(21)38-32(42)31(37)19(2)3;1-2/h8,10-15,19,23,26-27,29,31,40,44H,6-7,9,16-18,37H2,1-5H3,(H,38,42);1-2H3/b20-13-;/t23?,26?,27?,29?,31?,34?,35-;/m1./s1. The number of anilines is 1. The average molecular weight is 655 g/mol. The fraction of sp³-hybridized carbons (Fsp3) is 0.568. The number of rotatable bonds is 10. The van der Waals surface area contributed by atoms with E-state index in [0.29, 0.717) is 25.7 Å². The Morgan fingerprint density at radius 1 is 1.21 bits per heavy atom. The van der Waals surface area contributed by atoms with Gasteiger partial charge in [-0.25, -0.2) is 9.18 Å². The van der Waals surface area contributed by atoms with E-state index >= 15 is 0 Å². The highest BCUT2D eigenvalue weighted by atomic mass is 19.1. The molecule has 9 nitrogen and oxygen atoms in total. The Kier molecular flexibility index (Phi) is 12.6. The summed E-state index contributed by atoms with van der Waals surface area (Å²) < 4.78 is 19.4. The molecule has 4 rings (SSSR count). The molecule has 0 saturated heterocycles. The van der Waals surface area contributed by atoms with Crippen molar-refractivity contribution in [1.29, 1.82) is 0 Å². The minimum Gasteiger partial charge on any atom is -0.454 e. The summed E-state index contributed by atoms with van der Waals surface area (Å²) in [6.07, 6.45) is 7.63. The second kappa shape index (κ2) is 15.6. The van der Waals surface area contributed by atoms with Crippen molar-refractivity contribution in [2.75, 3.05) is 11.9 Å². The molecule has 2 fully saturated rings. The number of ketones is 2. The number of Topliss-reactive ketones (excluding diaryl/α,β-unsaturated/α-hetero) is 1. The third-order valence-electron chi connectivity index (χ3n) is 10.1. The minimum atomic E-state index is -1.43. The summed E-state index contributed by atoms with van der Waals surface area (Å²) in [5.41, 5.74) is 5.46. The Hall–Kier alpha value is -3.47. The van der Waals surface area contributed by atoms with E-state index < -0.39 is 59.2 Å². The first-order valence-electron chi connectivity index (χ1n) is 16.7. The van der Waals surface area contributed by atoms with Crippen molar-refractivity contribution < 1.29 is 38.5 Å². The van der Waals surface area contributed by atoms with E-state index in [4.69, 9.17) is 10.5 Å². The fourth-order valence-electron chi connectivity index (χ4n) is 7.32. The zero-order valence-corrected chi connectivity index (χ0v) is 28.6. The summed E-state index contributed by atoms with van der Waals surface area (Å²) in [6, 6.07) is 2.93. The van der Waals surface area contributed by atoms with Crippen LogP contribution in [0.1, 0.15) is 86.1 Å². The van der Waals surface area contributed by atoms with E-state index in [1.807, 2.05) is 33.8 Å². The summed E-state index contributed by atoms with van der Waals surface area (Å²) in [4.78, 5) is 50.7. The van der Waals surface area contributed by atoms with Gasteiger partial charge in [0.25, 0.3) is 0 Å². The maximum absolute atomic E-state index is 14.1. The number of aliphatic hydroxyl groups is 2. The summed E-state index contributed by atoms with van der Waals surface area (Å²) in [6.45, 7) is 12.5. The lowest BCUT2D eigenvalue weighted by molar-refractivity contribution is -0.158. The molecule has 0 aromatic heterocycles. The van der Waals surface area contributed by atoms with E-state index in [2.05, 4.69) is 5.32 Å². The normalized spacial score (nSPS) is 29.3. The van der Waals surface area contributed by atoms with E-state index in [0.717, 1.165) is 11.6 Å². The molecular formula is C37H51FN2O7. The van der Waals surface area contributed by atoms with Crippen molar-refractivity contribution >= 4 is 35.2 Å². The number of fused-ring (bicyclic) bond motifs is 1. The molecule has 1 aromatic carbocycles. The number of ether oxygens (including phenoxy) is 1. The van der Waals surface area contributed by atoms with Crippen LogP contribution in [0.4, 0.5) is 10.1 Å². The topological polar surface area (TPSA) is 156 Å². The predicted octanol–water partition coefficient (Wildman–Crippen LogP) is 5.30. The molecule has 0 aliphatic heterocycles. The number of halogens is 1. The van der Waals surface area contributed by atoms with Gasteiger partial charge < -0.3 is 26.0 Å². The Labute approximate surface area is 277 Å². The summed E-state index contributed by atoms with van der Waals surface area (Å²) in [5, 5.41) is 25.7. The number of esters is 1. The number of allylic oxidation sites excluding steroid dienone is 4. The number of hydrogen-bond acceptors (Lipinski definition) is 8. The molecule has 1 aromatic rings. The molecule has 6 unspecified atom stereocenters. The van der Waals surface area contributed by atoms with Crippen LogP contribution >= 0.6 is 0 Å². The van der Waals surface area contributed by atoms with Crippen molar-refractivity contribution in [3.8, 4) is 0 Å². The quantitative estimate of drug-likeness (QED) is 0.196. The van der Waals surface area contributed by atoms with Gasteiger partial charge in [-0.1, -0.05) is 53.2 Å². The highest BCUT2D eigenvalue weighted by Crippen LogP contribution is 2.56.